The average Bonchev–Trinajstić information content (AvgIpc) is 2.28. The highest BCUT2D eigenvalue weighted by Crippen LogP contribution is 2.21. The molecule has 0 aromatic heterocycles. The first kappa shape index (κ1) is 8.04. The summed E-state index contributed by atoms with van der Waals surface area (Å²) >= 11 is 0. The van der Waals surface area contributed by atoms with Crippen LogP contribution in [0.15, 0.2) is 0 Å². The van der Waals surface area contributed by atoms with Crippen molar-refractivity contribution < 1.29 is 19.1 Å². The lowest BCUT2D eigenvalue weighted by Gasteiger charge is -2.00. The first-order valence-corrected chi connectivity index (χ1v) is 3.43. The van der Waals surface area contributed by atoms with Crippen LogP contribution in [0, 0.1) is 5.92 Å². The van der Waals surface area contributed by atoms with Crippen LogP contribution in [0.4, 0.5) is 0 Å². The maximum absolute atomic E-state index is 10.9. The van der Waals surface area contributed by atoms with Crippen LogP contribution in [0.5, 0.6) is 0 Å². The molecule has 11 heavy (non-hydrogen) atoms. The van der Waals surface area contributed by atoms with Crippen molar-refractivity contribution in [3.63, 3.8) is 0 Å². The molecule has 0 spiro atoms. The molecule has 4 nitrogen and oxygen atoms in total. The zero-order valence-corrected chi connectivity index (χ0v) is 6.49. The monoisotopic (exact) mass is 158 g/mol. The van der Waals surface area contributed by atoms with E-state index in [-0.39, 0.29) is 6.10 Å². The summed E-state index contributed by atoms with van der Waals surface area (Å²) in [6, 6.07) is 0. The Bertz CT molecular complexity index is 179. The van der Waals surface area contributed by atoms with E-state index in [4.69, 9.17) is 4.74 Å². The molecule has 0 aliphatic carbocycles. The summed E-state index contributed by atoms with van der Waals surface area (Å²) in [5.41, 5.74) is 0. The van der Waals surface area contributed by atoms with Crippen molar-refractivity contribution in [1.29, 1.82) is 0 Å². The number of hydrogen-bond acceptors (Lipinski definition) is 4. The summed E-state index contributed by atoms with van der Waals surface area (Å²) in [5.74, 6) is -1.67. The van der Waals surface area contributed by atoms with Crippen molar-refractivity contribution in [3.8, 4) is 0 Å². The number of rotatable bonds is 1. The van der Waals surface area contributed by atoms with Gasteiger partial charge >= 0.3 is 11.9 Å². The molecule has 0 aromatic carbocycles. The predicted octanol–water partition coefficient (Wildman–Crippen LogP) is 0.111. The zero-order chi connectivity index (χ0) is 8.43. The molecular weight excluding hydrogens is 148 g/mol. The second-order valence-corrected chi connectivity index (χ2v) is 2.56. The molecule has 0 bridgehead atoms. The predicted molar refractivity (Wildman–Crippen MR) is 35.7 cm³/mol. The van der Waals surface area contributed by atoms with Crippen LogP contribution in [0.2, 0.25) is 0 Å². The normalized spacial score (nSPS) is 29.8. The first-order valence-electron chi connectivity index (χ1n) is 3.43. The summed E-state index contributed by atoms with van der Waals surface area (Å²) < 4.78 is 9.17. The van der Waals surface area contributed by atoms with Gasteiger partial charge in [0.2, 0.25) is 0 Å². The van der Waals surface area contributed by atoms with Gasteiger partial charge in [-0.15, -0.1) is 0 Å². The molecule has 2 atom stereocenters. The highest BCUT2D eigenvalue weighted by molar-refractivity contribution is 5.96. The minimum Gasteiger partial charge on any atom is -0.468 e. The van der Waals surface area contributed by atoms with Gasteiger partial charge in [0.25, 0.3) is 0 Å². The Balaban J connectivity index is 2.60. The van der Waals surface area contributed by atoms with Gasteiger partial charge in [-0.3, -0.25) is 9.59 Å². The quantitative estimate of drug-likeness (QED) is 0.401. The van der Waals surface area contributed by atoms with Gasteiger partial charge < -0.3 is 9.47 Å². The van der Waals surface area contributed by atoms with Crippen LogP contribution in [0.3, 0.4) is 0 Å². The van der Waals surface area contributed by atoms with E-state index in [9.17, 15) is 9.59 Å². The molecular formula is C7H10O4. The Morgan fingerprint density at radius 1 is 1.73 bits per heavy atom. The molecule has 0 radical (unpaired) electrons. The lowest BCUT2D eigenvalue weighted by molar-refractivity contribution is -0.154. The second-order valence-electron chi connectivity index (χ2n) is 2.56. The van der Waals surface area contributed by atoms with Crippen molar-refractivity contribution in [1.82, 2.24) is 0 Å². The van der Waals surface area contributed by atoms with Crippen LogP contribution in [-0.2, 0) is 19.1 Å². The van der Waals surface area contributed by atoms with E-state index in [1.807, 2.05) is 0 Å². The number of methoxy groups -OCH3 is 1. The van der Waals surface area contributed by atoms with Gasteiger partial charge in [0.15, 0.2) is 5.92 Å². The first-order chi connectivity index (χ1) is 5.15. The molecule has 0 N–H and O–H groups in total. The number of ether oxygens (including phenoxy) is 2. The van der Waals surface area contributed by atoms with Crippen LogP contribution in [-0.4, -0.2) is 25.2 Å². The van der Waals surface area contributed by atoms with Crippen LogP contribution in [0.25, 0.3) is 0 Å². The molecule has 1 saturated heterocycles. The fraction of sp³-hybridized carbons (Fsp3) is 0.714. The number of esters is 2. The molecule has 1 rings (SSSR count). The van der Waals surface area contributed by atoms with Gasteiger partial charge in [-0.05, 0) is 6.92 Å². The van der Waals surface area contributed by atoms with Crippen molar-refractivity contribution in [3.05, 3.63) is 0 Å². The second kappa shape index (κ2) is 2.90. The maximum atomic E-state index is 10.9. The molecule has 1 aliphatic rings. The Hall–Kier alpha value is -1.06. The molecule has 1 heterocycles. The molecule has 0 amide bonds. The lowest BCUT2D eigenvalue weighted by Crippen LogP contribution is -2.20. The summed E-state index contributed by atoms with van der Waals surface area (Å²) in [4.78, 5) is 21.7. The van der Waals surface area contributed by atoms with Gasteiger partial charge in [0, 0.05) is 6.42 Å². The number of cyclic esters (lactones) is 1. The summed E-state index contributed by atoms with van der Waals surface area (Å²) in [5, 5.41) is 0. The van der Waals surface area contributed by atoms with E-state index < -0.39 is 17.9 Å². The summed E-state index contributed by atoms with van der Waals surface area (Å²) in [6.45, 7) is 1.75. The molecule has 1 aliphatic heterocycles. The van der Waals surface area contributed by atoms with E-state index in [1.165, 1.54) is 7.11 Å². The third-order valence-corrected chi connectivity index (χ3v) is 1.66. The summed E-state index contributed by atoms with van der Waals surface area (Å²) in [6.07, 6.45) is 0.275. The smallest absolute Gasteiger partial charge is 0.320 e. The summed E-state index contributed by atoms with van der Waals surface area (Å²) in [7, 11) is 1.26. The fourth-order valence-electron chi connectivity index (χ4n) is 1.09. The standard InChI is InChI=1S/C7H10O4/c1-4-3-5(6(8)10-2)7(9)11-4/h4-5H,3H2,1-2H3/t4-,5+/m0/s1. The van der Waals surface area contributed by atoms with E-state index >= 15 is 0 Å². The Morgan fingerprint density at radius 2 is 2.36 bits per heavy atom. The highest BCUT2D eigenvalue weighted by Gasteiger charge is 2.38. The topological polar surface area (TPSA) is 52.6 Å². The highest BCUT2D eigenvalue weighted by atomic mass is 16.6. The van der Waals surface area contributed by atoms with E-state index in [0.29, 0.717) is 6.42 Å². The molecule has 0 unspecified atom stereocenters. The van der Waals surface area contributed by atoms with Gasteiger partial charge in [-0.2, -0.15) is 0 Å². The molecule has 0 aromatic rings. The average molecular weight is 158 g/mol. The third kappa shape index (κ3) is 1.50. The zero-order valence-electron chi connectivity index (χ0n) is 6.49. The Morgan fingerprint density at radius 3 is 2.73 bits per heavy atom. The maximum Gasteiger partial charge on any atom is 0.320 e. The Labute approximate surface area is 64.5 Å². The Kier molecular flexibility index (Phi) is 2.12. The molecule has 4 heteroatoms. The lowest BCUT2D eigenvalue weighted by atomic mass is 10.1. The molecule has 0 saturated carbocycles. The van der Waals surface area contributed by atoms with Crippen molar-refractivity contribution in [2.24, 2.45) is 5.92 Å². The van der Waals surface area contributed by atoms with Gasteiger partial charge in [-0.25, -0.2) is 0 Å². The van der Waals surface area contributed by atoms with Crippen LogP contribution < -0.4 is 0 Å². The van der Waals surface area contributed by atoms with Crippen molar-refractivity contribution in [2.45, 2.75) is 19.4 Å². The number of carbonyl (C=O) groups is 2. The van der Waals surface area contributed by atoms with Gasteiger partial charge in [0.05, 0.1) is 7.11 Å². The largest absolute Gasteiger partial charge is 0.468 e. The van der Waals surface area contributed by atoms with Crippen molar-refractivity contribution in [2.75, 3.05) is 7.11 Å². The van der Waals surface area contributed by atoms with Gasteiger partial charge in [-0.1, -0.05) is 0 Å². The van der Waals surface area contributed by atoms with Crippen LogP contribution >= 0.6 is 0 Å². The minimum atomic E-state index is -0.699. The SMILES string of the molecule is COC(=O)[C@H]1C[C@H](C)OC1=O. The third-order valence-electron chi connectivity index (χ3n) is 1.66. The minimum absolute atomic E-state index is 0.161. The van der Waals surface area contributed by atoms with Gasteiger partial charge in [0.1, 0.15) is 6.10 Å². The van der Waals surface area contributed by atoms with E-state index in [0.717, 1.165) is 0 Å². The number of carbonyl (C=O) groups excluding carboxylic acids is 2. The fourth-order valence-corrected chi connectivity index (χ4v) is 1.09. The number of hydrogen-bond donors (Lipinski definition) is 0. The van der Waals surface area contributed by atoms with E-state index in [1.54, 1.807) is 6.92 Å². The van der Waals surface area contributed by atoms with Crippen molar-refractivity contribution >= 4 is 11.9 Å². The molecule has 1 fully saturated rings. The molecule has 62 valence electrons. The van der Waals surface area contributed by atoms with E-state index in [2.05, 4.69) is 4.74 Å². The van der Waals surface area contributed by atoms with Crippen LogP contribution in [0.1, 0.15) is 13.3 Å².